The molecule has 2 aromatic rings. The van der Waals surface area contributed by atoms with Crippen molar-refractivity contribution in [3.8, 4) is 0 Å². The van der Waals surface area contributed by atoms with Crippen molar-refractivity contribution in [3.63, 3.8) is 0 Å². The second-order valence-electron chi connectivity index (χ2n) is 4.21. The molecule has 96 valence electrons. The van der Waals surface area contributed by atoms with Crippen LogP contribution in [0.15, 0.2) is 54.6 Å². The summed E-state index contributed by atoms with van der Waals surface area (Å²) in [6.07, 6.45) is 1.46. The van der Waals surface area contributed by atoms with Crippen molar-refractivity contribution < 1.29 is 13.6 Å². The van der Waals surface area contributed by atoms with Crippen molar-refractivity contribution in [2.75, 3.05) is 0 Å². The number of carbonyl (C=O) groups is 1. The standard InChI is InChI=1S/C16H12F2O/c1-11(12-2-6-14(17)7-3-12)10-16(19)13-4-8-15(18)9-5-13/h2-10H,1H3/b11-10+. The van der Waals surface area contributed by atoms with E-state index in [0.717, 1.165) is 11.1 Å². The molecule has 0 spiro atoms. The third-order valence-electron chi connectivity index (χ3n) is 2.78. The second kappa shape index (κ2) is 5.57. The van der Waals surface area contributed by atoms with Gasteiger partial charge in [0.05, 0.1) is 0 Å². The fourth-order valence-corrected chi connectivity index (χ4v) is 1.69. The average molecular weight is 258 g/mol. The van der Waals surface area contributed by atoms with Gasteiger partial charge in [-0.1, -0.05) is 12.1 Å². The Balaban J connectivity index is 2.22. The molecule has 0 aliphatic heterocycles. The van der Waals surface area contributed by atoms with Crippen LogP contribution in [-0.4, -0.2) is 5.78 Å². The molecule has 0 aromatic heterocycles. The number of hydrogen-bond donors (Lipinski definition) is 0. The topological polar surface area (TPSA) is 17.1 Å². The minimum absolute atomic E-state index is 0.207. The number of benzene rings is 2. The molecule has 0 saturated carbocycles. The van der Waals surface area contributed by atoms with Gasteiger partial charge >= 0.3 is 0 Å². The van der Waals surface area contributed by atoms with Gasteiger partial charge in [0, 0.05) is 5.56 Å². The quantitative estimate of drug-likeness (QED) is 0.594. The fraction of sp³-hybridized carbons (Fsp3) is 0.0625. The predicted octanol–water partition coefficient (Wildman–Crippen LogP) is 4.25. The van der Waals surface area contributed by atoms with Crippen molar-refractivity contribution in [2.45, 2.75) is 6.92 Å². The Morgan fingerprint density at radius 1 is 0.842 bits per heavy atom. The van der Waals surface area contributed by atoms with Gasteiger partial charge in [0.2, 0.25) is 0 Å². The van der Waals surface area contributed by atoms with Gasteiger partial charge in [0.25, 0.3) is 0 Å². The normalized spacial score (nSPS) is 11.4. The Kier molecular flexibility index (Phi) is 3.85. The monoisotopic (exact) mass is 258 g/mol. The van der Waals surface area contributed by atoms with Gasteiger partial charge in [-0.05, 0) is 60.5 Å². The molecule has 2 aromatic carbocycles. The van der Waals surface area contributed by atoms with Crippen molar-refractivity contribution in [2.24, 2.45) is 0 Å². The molecule has 0 saturated heterocycles. The van der Waals surface area contributed by atoms with E-state index in [9.17, 15) is 13.6 Å². The Hall–Kier alpha value is -2.29. The van der Waals surface area contributed by atoms with Crippen LogP contribution in [-0.2, 0) is 0 Å². The maximum Gasteiger partial charge on any atom is 0.186 e. The number of halogens is 2. The number of ketones is 1. The maximum absolute atomic E-state index is 12.8. The molecule has 0 bridgehead atoms. The van der Waals surface area contributed by atoms with Crippen LogP contribution >= 0.6 is 0 Å². The molecule has 2 rings (SSSR count). The third-order valence-corrected chi connectivity index (χ3v) is 2.78. The SMILES string of the molecule is C/C(=C\C(=O)c1ccc(F)cc1)c1ccc(F)cc1. The molecule has 3 heteroatoms. The highest BCUT2D eigenvalue weighted by atomic mass is 19.1. The minimum atomic E-state index is -0.379. The minimum Gasteiger partial charge on any atom is -0.289 e. The Morgan fingerprint density at radius 2 is 1.26 bits per heavy atom. The third kappa shape index (κ3) is 3.35. The lowest BCUT2D eigenvalue weighted by Gasteiger charge is -2.02. The number of rotatable bonds is 3. The van der Waals surface area contributed by atoms with Crippen molar-refractivity contribution >= 4 is 11.4 Å². The van der Waals surface area contributed by atoms with Crippen molar-refractivity contribution in [1.82, 2.24) is 0 Å². The van der Waals surface area contributed by atoms with Crippen LogP contribution < -0.4 is 0 Å². The zero-order valence-corrected chi connectivity index (χ0v) is 10.4. The highest BCUT2D eigenvalue weighted by molar-refractivity contribution is 6.08. The summed E-state index contributed by atoms with van der Waals surface area (Å²) in [6.45, 7) is 1.77. The first-order valence-corrected chi connectivity index (χ1v) is 5.80. The van der Waals surface area contributed by atoms with E-state index in [-0.39, 0.29) is 17.4 Å². The number of carbonyl (C=O) groups excluding carboxylic acids is 1. The predicted molar refractivity (Wildman–Crippen MR) is 70.8 cm³/mol. The number of allylic oxidation sites excluding steroid dienone is 2. The van der Waals surface area contributed by atoms with Crippen molar-refractivity contribution in [1.29, 1.82) is 0 Å². The van der Waals surface area contributed by atoms with Gasteiger partial charge in [0.1, 0.15) is 11.6 Å². The lowest BCUT2D eigenvalue weighted by molar-refractivity contribution is 0.104. The van der Waals surface area contributed by atoms with Crippen LogP contribution in [0.5, 0.6) is 0 Å². The summed E-state index contributed by atoms with van der Waals surface area (Å²) in [6, 6.07) is 11.3. The molecule has 0 heterocycles. The first-order chi connectivity index (χ1) is 9.06. The van der Waals surface area contributed by atoms with Gasteiger partial charge in [0.15, 0.2) is 5.78 Å². The molecule has 0 radical (unpaired) electrons. The van der Waals surface area contributed by atoms with Gasteiger partial charge < -0.3 is 0 Å². The molecular formula is C16H12F2O. The highest BCUT2D eigenvalue weighted by Gasteiger charge is 2.04. The van der Waals surface area contributed by atoms with E-state index in [0.29, 0.717) is 5.56 Å². The molecule has 0 amide bonds. The fourth-order valence-electron chi connectivity index (χ4n) is 1.69. The highest BCUT2D eigenvalue weighted by Crippen LogP contribution is 2.15. The van der Waals surface area contributed by atoms with Gasteiger partial charge in [-0.2, -0.15) is 0 Å². The zero-order chi connectivity index (χ0) is 13.8. The summed E-state index contributed by atoms with van der Waals surface area (Å²) < 4.78 is 25.5. The maximum atomic E-state index is 12.8. The summed E-state index contributed by atoms with van der Waals surface area (Å²) in [7, 11) is 0. The molecule has 0 N–H and O–H groups in total. The summed E-state index contributed by atoms with van der Waals surface area (Å²) in [5.74, 6) is -0.904. The van der Waals surface area contributed by atoms with Crippen LogP contribution in [0.2, 0.25) is 0 Å². The second-order valence-corrected chi connectivity index (χ2v) is 4.21. The Bertz CT molecular complexity index is 610. The summed E-state index contributed by atoms with van der Waals surface area (Å²) in [4.78, 5) is 11.9. The number of hydrogen-bond acceptors (Lipinski definition) is 1. The first kappa shape index (κ1) is 13.1. The van der Waals surface area contributed by atoms with Gasteiger partial charge in [-0.25, -0.2) is 8.78 Å². The molecule has 0 aliphatic rings. The Morgan fingerprint density at radius 3 is 1.74 bits per heavy atom. The molecule has 0 unspecified atom stereocenters. The van der Waals surface area contributed by atoms with E-state index in [2.05, 4.69) is 0 Å². The summed E-state index contributed by atoms with van der Waals surface area (Å²) in [5.41, 5.74) is 1.93. The summed E-state index contributed by atoms with van der Waals surface area (Å²) >= 11 is 0. The zero-order valence-electron chi connectivity index (χ0n) is 10.4. The molecule has 0 aliphatic carbocycles. The van der Waals surface area contributed by atoms with E-state index in [1.807, 2.05) is 0 Å². The van der Waals surface area contributed by atoms with E-state index in [1.165, 1.54) is 42.5 Å². The average Bonchev–Trinajstić information content (AvgIpc) is 2.40. The van der Waals surface area contributed by atoms with Gasteiger partial charge in [-0.15, -0.1) is 0 Å². The van der Waals surface area contributed by atoms with E-state index in [4.69, 9.17) is 0 Å². The van der Waals surface area contributed by atoms with Crippen LogP contribution in [0.3, 0.4) is 0 Å². The van der Waals surface area contributed by atoms with E-state index < -0.39 is 0 Å². The lowest BCUT2D eigenvalue weighted by atomic mass is 10.0. The van der Waals surface area contributed by atoms with Crippen LogP contribution in [0.25, 0.3) is 5.57 Å². The van der Waals surface area contributed by atoms with Crippen LogP contribution in [0.1, 0.15) is 22.8 Å². The smallest absolute Gasteiger partial charge is 0.186 e. The molecule has 0 fully saturated rings. The van der Waals surface area contributed by atoms with E-state index in [1.54, 1.807) is 19.1 Å². The first-order valence-electron chi connectivity index (χ1n) is 5.80. The molecule has 1 nitrogen and oxygen atoms in total. The molecule has 0 atom stereocenters. The largest absolute Gasteiger partial charge is 0.289 e. The van der Waals surface area contributed by atoms with Crippen LogP contribution in [0, 0.1) is 11.6 Å². The summed E-state index contributed by atoms with van der Waals surface area (Å²) in [5, 5.41) is 0. The van der Waals surface area contributed by atoms with E-state index >= 15 is 0 Å². The van der Waals surface area contributed by atoms with Crippen LogP contribution in [0.4, 0.5) is 8.78 Å². The van der Waals surface area contributed by atoms with Gasteiger partial charge in [-0.3, -0.25) is 4.79 Å². The Labute approximate surface area is 110 Å². The van der Waals surface area contributed by atoms with Crippen molar-refractivity contribution in [3.05, 3.63) is 77.4 Å². The lowest BCUT2D eigenvalue weighted by Crippen LogP contribution is -1.95. The molecule has 19 heavy (non-hydrogen) atoms. The molecular weight excluding hydrogens is 246 g/mol.